The van der Waals surface area contributed by atoms with E-state index in [1.807, 2.05) is 24.3 Å². The molecule has 24 heavy (non-hydrogen) atoms. The number of piperidine rings is 1. The fourth-order valence-corrected chi connectivity index (χ4v) is 4.32. The maximum absolute atomic E-state index is 13.0. The van der Waals surface area contributed by atoms with Gasteiger partial charge < -0.3 is 15.5 Å². The number of para-hydroxylation sites is 2. The Morgan fingerprint density at radius 1 is 0.792 bits per heavy atom. The number of nitrogens with one attached hydrogen (secondary N) is 1. The number of phenols is 2. The van der Waals surface area contributed by atoms with Crippen molar-refractivity contribution in [2.24, 2.45) is 11.8 Å². The fourth-order valence-electron chi connectivity index (χ4n) is 4.32. The Hall–Kier alpha value is -2.33. The van der Waals surface area contributed by atoms with Crippen molar-refractivity contribution in [2.75, 3.05) is 0 Å². The molecule has 4 heteroatoms. The van der Waals surface area contributed by atoms with Crippen molar-refractivity contribution < 1.29 is 15.0 Å². The van der Waals surface area contributed by atoms with Crippen LogP contribution >= 0.6 is 0 Å². The van der Waals surface area contributed by atoms with Crippen LogP contribution in [0.15, 0.2) is 48.5 Å². The zero-order valence-electron chi connectivity index (χ0n) is 13.4. The number of ketones is 1. The third-order valence-corrected chi connectivity index (χ3v) is 5.47. The van der Waals surface area contributed by atoms with Crippen LogP contribution in [0.1, 0.15) is 42.5 Å². The van der Waals surface area contributed by atoms with Crippen molar-refractivity contribution in [3.05, 3.63) is 59.7 Å². The Labute approximate surface area is 141 Å². The number of carbonyl (C=O) groups is 1. The molecule has 1 saturated heterocycles. The lowest BCUT2D eigenvalue weighted by Crippen LogP contribution is -2.50. The van der Waals surface area contributed by atoms with Crippen molar-refractivity contribution in [3.63, 3.8) is 0 Å². The van der Waals surface area contributed by atoms with E-state index in [9.17, 15) is 15.0 Å². The van der Waals surface area contributed by atoms with Crippen molar-refractivity contribution in [1.29, 1.82) is 0 Å². The summed E-state index contributed by atoms with van der Waals surface area (Å²) >= 11 is 0. The molecule has 1 aliphatic carbocycles. The molecule has 2 fully saturated rings. The SMILES string of the molecule is O=C1[C@H]2CCC[C@@H]1[C@H](c1ccccc1O)N[C@@H]2c1ccccc1O. The second-order valence-corrected chi connectivity index (χ2v) is 6.79. The van der Waals surface area contributed by atoms with Gasteiger partial charge in [-0.05, 0) is 25.0 Å². The molecular formula is C20H21NO3. The van der Waals surface area contributed by atoms with Crippen LogP contribution in [-0.4, -0.2) is 16.0 Å². The van der Waals surface area contributed by atoms with Crippen LogP contribution in [0.2, 0.25) is 0 Å². The highest BCUT2D eigenvalue weighted by atomic mass is 16.3. The first-order valence-corrected chi connectivity index (χ1v) is 8.52. The van der Waals surface area contributed by atoms with E-state index in [-0.39, 0.29) is 41.2 Å². The van der Waals surface area contributed by atoms with Crippen LogP contribution < -0.4 is 5.32 Å². The van der Waals surface area contributed by atoms with Gasteiger partial charge in [0.1, 0.15) is 17.3 Å². The highest BCUT2D eigenvalue weighted by molar-refractivity contribution is 5.87. The number of hydrogen-bond acceptors (Lipinski definition) is 4. The van der Waals surface area contributed by atoms with Gasteiger partial charge in [0.05, 0.1) is 0 Å². The zero-order valence-corrected chi connectivity index (χ0v) is 13.4. The van der Waals surface area contributed by atoms with Gasteiger partial charge in [-0.1, -0.05) is 42.8 Å². The molecule has 1 saturated carbocycles. The van der Waals surface area contributed by atoms with Crippen LogP contribution in [-0.2, 0) is 4.79 Å². The summed E-state index contributed by atoms with van der Waals surface area (Å²) in [6.07, 6.45) is 2.68. The molecule has 2 aliphatic rings. The lowest BCUT2D eigenvalue weighted by atomic mass is 9.67. The van der Waals surface area contributed by atoms with E-state index in [0.717, 1.165) is 30.4 Å². The maximum atomic E-state index is 13.0. The topological polar surface area (TPSA) is 69.6 Å². The van der Waals surface area contributed by atoms with Crippen LogP contribution in [0.5, 0.6) is 11.5 Å². The van der Waals surface area contributed by atoms with E-state index in [2.05, 4.69) is 5.32 Å². The Bertz CT molecular complexity index is 711. The second-order valence-electron chi connectivity index (χ2n) is 6.79. The van der Waals surface area contributed by atoms with E-state index in [1.165, 1.54) is 0 Å². The summed E-state index contributed by atoms with van der Waals surface area (Å²) in [7, 11) is 0. The molecule has 4 atom stereocenters. The Balaban J connectivity index is 1.78. The molecule has 2 aromatic carbocycles. The number of Topliss-reactive ketones (excluding diaryl/α,β-unsaturated/α-hetero) is 1. The van der Waals surface area contributed by atoms with Gasteiger partial charge in [0, 0.05) is 35.0 Å². The number of hydrogen-bond donors (Lipinski definition) is 3. The maximum Gasteiger partial charge on any atom is 0.142 e. The third-order valence-electron chi connectivity index (χ3n) is 5.47. The van der Waals surface area contributed by atoms with Crippen molar-refractivity contribution in [3.8, 4) is 11.5 Å². The molecule has 4 nitrogen and oxygen atoms in total. The summed E-state index contributed by atoms with van der Waals surface area (Å²) in [4.78, 5) is 13.0. The molecule has 3 N–H and O–H groups in total. The standard InChI is InChI=1S/C20H21NO3/c22-16-10-3-1-6-12(16)18-14-8-5-9-15(20(14)24)19(21-18)13-7-2-4-11-17(13)23/h1-4,6-7,10-11,14-15,18-19,21-23H,5,8-9H2/t14-,15+,18+,19-. The summed E-state index contributed by atoms with van der Waals surface area (Å²) in [5.41, 5.74) is 1.52. The summed E-state index contributed by atoms with van der Waals surface area (Å²) < 4.78 is 0. The van der Waals surface area contributed by atoms with Crippen LogP contribution in [0.25, 0.3) is 0 Å². The van der Waals surface area contributed by atoms with Gasteiger partial charge in [0.2, 0.25) is 0 Å². The van der Waals surface area contributed by atoms with E-state index in [1.54, 1.807) is 24.3 Å². The third kappa shape index (κ3) is 2.38. The molecule has 1 heterocycles. The number of phenolic OH excluding ortho intramolecular Hbond substituents is 2. The van der Waals surface area contributed by atoms with Gasteiger partial charge in [-0.3, -0.25) is 4.79 Å². The van der Waals surface area contributed by atoms with Crippen LogP contribution in [0, 0.1) is 11.8 Å². The fraction of sp³-hybridized carbons (Fsp3) is 0.350. The Morgan fingerprint density at radius 2 is 1.25 bits per heavy atom. The van der Waals surface area contributed by atoms with Gasteiger partial charge in [-0.15, -0.1) is 0 Å². The zero-order chi connectivity index (χ0) is 16.7. The summed E-state index contributed by atoms with van der Waals surface area (Å²) in [5.74, 6) is 0.450. The van der Waals surface area contributed by atoms with Gasteiger partial charge in [-0.25, -0.2) is 0 Å². The highest BCUT2D eigenvalue weighted by Gasteiger charge is 2.47. The first-order valence-electron chi connectivity index (χ1n) is 8.52. The van der Waals surface area contributed by atoms with Gasteiger partial charge in [0.15, 0.2) is 0 Å². The van der Waals surface area contributed by atoms with E-state index < -0.39 is 0 Å². The molecule has 124 valence electrons. The molecule has 0 aromatic heterocycles. The van der Waals surface area contributed by atoms with Crippen LogP contribution in [0.3, 0.4) is 0 Å². The number of benzene rings is 2. The normalized spacial score (nSPS) is 29.4. The lowest BCUT2D eigenvalue weighted by Gasteiger charge is -2.45. The quantitative estimate of drug-likeness (QED) is 0.791. The van der Waals surface area contributed by atoms with Crippen molar-refractivity contribution >= 4 is 5.78 Å². The molecule has 2 bridgehead atoms. The molecule has 0 unspecified atom stereocenters. The van der Waals surface area contributed by atoms with Gasteiger partial charge in [0.25, 0.3) is 0 Å². The molecule has 1 aliphatic heterocycles. The molecule has 0 spiro atoms. The monoisotopic (exact) mass is 323 g/mol. The molecule has 2 aromatic rings. The minimum atomic E-state index is -0.222. The average molecular weight is 323 g/mol. The average Bonchev–Trinajstić information content (AvgIpc) is 2.57. The summed E-state index contributed by atoms with van der Waals surface area (Å²) in [6, 6.07) is 13.9. The summed E-state index contributed by atoms with van der Waals surface area (Å²) in [6.45, 7) is 0. The van der Waals surface area contributed by atoms with E-state index in [0.29, 0.717) is 0 Å². The first-order chi connectivity index (χ1) is 11.7. The number of aromatic hydroxyl groups is 2. The predicted molar refractivity (Wildman–Crippen MR) is 90.7 cm³/mol. The van der Waals surface area contributed by atoms with E-state index >= 15 is 0 Å². The second kappa shape index (κ2) is 5.95. The molecule has 0 radical (unpaired) electrons. The van der Waals surface area contributed by atoms with Gasteiger partial charge >= 0.3 is 0 Å². The largest absolute Gasteiger partial charge is 0.508 e. The van der Waals surface area contributed by atoms with Crippen LogP contribution in [0.4, 0.5) is 0 Å². The Morgan fingerprint density at radius 3 is 1.71 bits per heavy atom. The predicted octanol–water partition coefficient (Wildman–Crippen LogP) is 3.47. The number of carbonyl (C=O) groups excluding carboxylic acids is 1. The minimum Gasteiger partial charge on any atom is -0.508 e. The molecule has 0 amide bonds. The lowest BCUT2D eigenvalue weighted by molar-refractivity contribution is -0.135. The van der Waals surface area contributed by atoms with Crippen molar-refractivity contribution in [1.82, 2.24) is 5.32 Å². The van der Waals surface area contributed by atoms with Crippen molar-refractivity contribution in [2.45, 2.75) is 31.3 Å². The summed E-state index contributed by atoms with van der Waals surface area (Å²) in [5, 5.41) is 24.1. The van der Waals surface area contributed by atoms with Gasteiger partial charge in [-0.2, -0.15) is 0 Å². The molecule has 4 rings (SSSR count). The number of fused-ring (bicyclic) bond motifs is 2. The highest BCUT2D eigenvalue weighted by Crippen LogP contribution is 2.48. The number of rotatable bonds is 2. The minimum absolute atomic E-state index is 0.112. The van der Waals surface area contributed by atoms with E-state index in [4.69, 9.17) is 0 Å². The Kier molecular flexibility index (Phi) is 3.77. The molecular weight excluding hydrogens is 302 g/mol. The first kappa shape index (κ1) is 15.2. The smallest absolute Gasteiger partial charge is 0.142 e.